The first-order chi connectivity index (χ1) is 7.04. The molecular formula is C12H19BrN2. The lowest BCUT2D eigenvalue weighted by atomic mass is 10.1. The number of hydrogen-bond acceptors (Lipinski definition) is 2. The van der Waals surface area contributed by atoms with Gasteiger partial charge in [-0.2, -0.15) is 0 Å². The van der Waals surface area contributed by atoms with Crippen LogP contribution in [0, 0.1) is 5.92 Å². The maximum atomic E-state index is 5.71. The second-order valence-corrected chi connectivity index (χ2v) is 4.96. The standard InChI is InChI=1S/C12H19BrN2/c1-4-9(2)8-15(3)12-6-5-10(14)7-11(12)13/h5-7,9H,4,8,14H2,1-3H3. The van der Waals surface area contributed by atoms with Crippen LogP contribution in [0.15, 0.2) is 22.7 Å². The maximum Gasteiger partial charge on any atom is 0.0509 e. The summed E-state index contributed by atoms with van der Waals surface area (Å²) in [6.45, 7) is 5.55. The first-order valence-corrected chi connectivity index (χ1v) is 6.10. The Labute approximate surface area is 101 Å². The van der Waals surface area contributed by atoms with Crippen LogP contribution in [-0.4, -0.2) is 13.6 Å². The van der Waals surface area contributed by atoms with Crippen LogP contribution in [0.4, 0.5) is 11.4 Å². The highest BCUT2D eigenvalue weighted by Crippen LogP contribution is 2.28. The minimum Gasteiger partial charge on any atom is -0.399 e. The Morgan fingerprint density at radius 1 is 1.47 bits per heavy atom. The van der Waals surface area contributed by atoms with E-state index in [9.17, 15) is 0 Å². The molecule has 1 rings (SSSR count). The summed E-state index contributed by atoms with van der Waals surface area (Å²) in [5, 5.41) is 0. The molecule has 15 heavy (non-hydrogen) atoms. The summed E-state index contributed by atoms with van der Waals surface area (Å²) in [5.74, 6) is 0.708. The van der Waals surface area contributed by atoms with Gasteiger partial charge in [0.2, 0.25) is 0 Å². The Morgan fingerprint density at radius 2 is 2.13 bits per heavy atom. The number of halogens is 1. The van der Waals surface area contributed by atoms with Crippen LogP contribution in [0.1, 0.15) is 20.3 Å². The molecule has 0 heterocycles. The highest BCUT2D eigenvalue weighted by atomic mass is 79.9. The minimum absolute atomic E-state index is 0.708. The first-order valence-electron chi connectivity index (χ1n) is 5.30. The molecule has 3 heteroatoms. The molecule has 0 fully saturated rings. The third-order valence-electron chi connectivity index (χ3n) is 2.67. The lowest BCUT2D eigenvalue weighted by Crippen LogP contribution is -2.23. The highest BCUT2D eigenvalue weighted by molar-refractivity contribution is 9.10. The van der Waals surface area contributed by atoms with Gasteiger partial charge in [0.05, 0.1) is 5.69 Å². The van der Waals surface area contributed by atoms with E-state index in [0.29, 0.717) is 5.92 Å². The number of anilines is 2. The van der Waals surface area contributed by atoms with Crippen LogP contribution in [0.25, 0.3) is 0 Å². The molecular weight excluding hydrogens is 252 g/mol. The van der Waals surface area contributed by atoms with Crippen LogP contribution in [0.3, 0.4) is 0 Å². The normalized spacial score (nSPS) is 12.5. The zero-order valence-electron chi connectivity index (χ0n) is 9.63. The van der Waals surface area contributed by atoms with E-state index in [1.54, 1.807) is 0 Å². The van der Waals surface area contributed by atoms with Gasteiger partial charge >= 0.3 is 0 Å². The summed E-state index contributed by atoms with van der Waals surface area (Å²) in [4.78, 5) is 2.26. The maximum absolute atomic E-state index is 5.71. The van der Waals surface area contributed by atoms with Gasteiger partial charge in [-0.1, -0.05) is 20.3 Å². The molecule has 84 valence electrons. The zero-order valence-corrected chi connectivity index (χ0v) is 11.2. The van der Waals surface area contributed by atoms with Gasteiger partial charge in [0.1, 0.15) is 0 Å². The van der Waals surface area contributed by atoms with Crippen LogP contribution in [-0.2, 0) is 0 Å². The molecule has 2 nitrogen and oxygen atoms in total. The second-order valence-electron chi connectivity index (χ2n) is 4.10. The number of rotatable bonds is 4. The van der Waals surface area contributed by atoms with Gasteiger partial charge in [-0.25, -0.2) is 0 Å². The van der Waals surface area contributed by atoms with E-state index in [1.807, 2.05) is 12.1 Å². The van der Waals surface area contributed by atoms with Crippen molar-refractivity contribution in [3.8, 4) is 0 Å². The van der Waals surface area contributed by atoms with Gasteiger partial charge in [0.15, 0.2) is 0 Å². The predicted octanol–water partition coefficient (Wildman–Crippen LogP) is 3.51. The van der Waals surface area contributed by atoms with Gasteiger partial charge in [-0.3, -0.25) is 0 Å². The molecule has 0 bridgehead atoms. The first kappa shape index (κ1) is 12.4. The summed E-state index contributed by atoms with van der Waals surface area (Å²) in [7, 11) is 2.11. The van der Waals surface area contributed by atoms with E-state index >= 15 is 0 Å². The lowest BCUT2D eigenvalue weighted by molar-refractivity contribution is 0.559. The topological polar surface area (TPSA) is 29.3 Å². The van der Waals surface area contributed by atoms with E-state index < -0.39 is 0 Å². The van der Waals surface area contributed by atoms with Crippen LogP contribution in [0.2, 0.25) is 0 Å². The number of nitrogen functional groups attached to an aromatic ring is 1. The van der Waals surface area contributed by atoms with Crippen molar-refractivity contribution in [3.05, 3.63) is 22.7 Å². The molecule has 0 radical (unpaired) electrons. The molecule has 1 atom stereocenters. The predicted molar refractivity (Wildman–Crippen MR) is 71.3 cm³/mol. The summed E-state index contributed by atoms with van der Waals surface area (Å²) in [6.07, 6.45) is 1.21. The zero-order chi connectivity index (χ0) is 11.4. The fourth-order valence-electron chi connectivity index (χ4n) is 1.53. The Morgan fingerprint density at radius 3 is 2.67 bits per heavy atom. The largest absolute Gasteiger partial charge is 0.399 e. The number of benzene rings is 1. The van der Waals surface area contributed by atoms with Gasteiger partial charge in [0, 0.05) is 23.8 Å². The minimum atomic E-state index is 0.708. The smallest absolute Gasteiger partial charge is 0.0509 e. The summed E-state index contributed by atoms with van der Waals surface area (Å²) < 4.78 is 1.06. The molecule has 0 spiro atoms. The highest BCUT2D eigenvalue weighted by Gasteiger charge is 2.08. The Hall–Kier alpha value is -0.700. The fraction of sp³-hybridized carbons (Fsp3) is 0.500. The number of nitrogens with two attached hydrogens (primary N) is 1. The van der Waals surface area contributed by atoms with Crippen molar-refractivity contribution in [1.82, 2.24) is 0 Å². The Balaban J connectivity index is 2.77. The van der Waals surface area contributed by atoms with E-state index in [1.165, 1.54) is 12.1 Å². The third kappa shape index (κ3) is 3.42. The molecule has 0 aliphatic rings. The van der Waals surface area contributed by atoms with Gasteiger partial charge in [-0.15, -0.1) is 0 Å². The molecule has 0 saturated carbocycles. The van der Waals surface area contributed by atoms with E-state index in [0.717, 1.165) is 16.7 Å². The summed E-state index contributed by atoms with van der Waals surface area (Å²) in [6, 6.07) is 5.94. The van der Waals surface area contributed by atoms with Crippen molar-refractivity contribution in [3.63, 3.8) is 0 Å². The molecule has 1 aromatic carbocycles. The molecule has 0 amide bonds. The molecule has 0 aliphatic heterocycles. The summed E-state index contributed by atoms with van der Waals surface area (Å²) in [5.41, 5.74) is 7.70. The van der Waals surface area contributed by atoms with Crippen LogP contribution in [0.5, 0.6) is 0 Å². The van der Waals surface area contributed by atoms with Crippen LogP contribution < -0.4 is 10.6 Å². The van der Waals surface area contributed by atoms with Crippen molar-refractivity contribution < 1.29 is 0 Å². The van der Waals surface area contributed by atoms with E-state index in [4.69, 9.17) is 5.73 Å². The van der Waals surface area contributed by atoms with Crippen molar-refractivity contribution in [2.75, 3.05) is 24.2 Å². The molecule has 0 aliphatic carbocycles. The average Bonchev–Trinajstić information content (AvgIpc) is 2.17. The van der Waals surface area contributed by atoms with Gasteiger partial charge < -0.3 is 10.6 Å². The molecule has 0 aromatic heterocycles. The average molecular weight is 271 g/mol. The lowest BCUT2D eigenvalue weighted by Gasteiger charge is -2.24. The summed E-state index contributed by atoms with van der Waals surface area (Å²) >= 11 is 3.54. The van der Waals surface area contributed by atoms with Crippen LogP contribution >= 0.6 is 15.9 Å². The monoisotopic (exact) mass is 270 g/mol. The van der Waals surface area contributed by atoms with E-state index in [-0.39, 0.29) is 0 Å². The molecule has 1 aromatic rings. The Kier molecular flexibility index (Phi) is 4.45. The van der Waals surface area contributed by atoms with Gasteiger partial charge in [-0.05, 0) is 40.0 Å². The number of nitrogens with zero attached hydrogens (tertiary/aromatic N) is 1. The van der Waals surface area contributed by atoms with Gasteiger partial charge in [0.25, 0.3) is 0 Å². The van der Waals surface area contributed by atoms with Crippen molar-refractivity contribution in [2.45, 2.75) is 20.3 Å². The molecule has 0 saturated heterocycles. The molecule has 2 N–H and O–H groups in total. The van der Waals surface area contributed by atoms with Crippen molar-refractivity contribution in [2.24, 2.45) is 5.92 Å². The molecule has 1 unspecified atom stereocenters. The quantitative estimate of drug-likeness (QED) is 0.849. The third-order valence-corrected chi connectivity index (χ3v) is 3.30. The fourth-order valence-corrected chi connectivity index (χ4v) is 2.23. The van der Waals surface area contributed by atoms with E-state index in [2.05, 4.69) is 47.8 Å². The Bertz CT molecular complexity index is 325. The van der Waals surface area contributed by atoms with Crippen molar-refractivity contribution >= 4 is 27.3 Å². The van der Waals surface area contributed by atoms with Crippen molar-refractivity contribution in [1.29, 1.82) is 0 Å². The number of hydrogen-bond donors (Lipinski definition) is 1. The second kappa shape index (κ2) is 5.40. The SMILES string of the molecule is CCC(C)CN(C)c1ccc(N)cc1Br.